The topological polar surface area (TPSA) is 77.7 Å². The van der Waals surface area contributed by atoms with Gasteiger partial charge in [-0.1, -0.05) is 0 Å². The predicted molar refractivity (Wildman–Crippen MR) is 105 cm³/mol. The van der Waals surface area contributed by atoms with Crippen LogP contribution in [0.5, 0.6) is 0 Å². The van der Waals surface area contributed by atoms with Gasteiger partial charge in [-0.3, -0.25) is 4.79 Å². The number of rotatable bonds is 7. The molecule has 2 aromatic rings. The zero-order valence-corrected chi connectivity index (χ0v) is 16.3. The van der Waals surface area contributed by atoms with Gasteiger partial charge in [-0.2, -0.15) is 0 Å². The third-order valence-electron chi connectivity index (χ3n) is 4.54. The highest BCUT2D eigenvalue weighted by molar-refractivity contribution is 5.91. The first-order chi connectivity index (χ1) is 13.0. The molecular weight excluding hydrogens is 344 g/mol. The lowest BCUT2D eigenvalue weighted by molar-refractivity contribution is 0.0714. The first kappa shape index (κ1) is 19.2. The maximum Gasteiger partial charge on any atom is 0.289 e. The molecule has 1 amide bonds. The third-order valence-corrected chi connectivity index (χ3v) is 4.54. The van der Waals surface area contributed by atoms with E-state index in [2.05, 4.69) is 39.2 Å². The first-order valence-corrected chi connectivity index (χ1v) is 9.35. The van der Waals surface area contributed by atoms with Crippen molar-refractivity contribution in [1.82, 2.24) is 19.8 Å². The van der Waals surface area contributed by atoms with Gasteiger partial charge in [-0.25, -0.2) is 9.97 Å². The normalized spacial score (nSPS) is 14.7. The van der Waals surface area contributed by atoms with Gasteiger partial charge in [0.15, 0.2) is 5.76 Å². The first-order valence-electron chi connectivity index (χ1n) is 9.35. The summed E-state index contributed by atoms with van der Waals surface area (Å²) in [6.45, 7) is 6.59. The molecule has 1 N–H and O–H groups in total. The molecule has 3 heterocycles. The number of carbonyl (C=O) groups is 1. The number of furan rings is 1. The molecule has 1 aliphatic rings. The van der Waals surface area contributed by atoms with Crippen molar-refractivity contribution >= 4 is 17.5 Å². The summed E-state index contributed by atoms with van der Waals surface area (Å²) in [4.78, 5) is 27.6. The maximum atomic E-state index is 12.4. The lowest BCUT2D eigenvalue weighted by Crippen LogP contribution is -2.49. The zero-order chi connectivity index (χ0) is 19.2. The van der Waals surface area contributed by atoms with Crippen LogP contribution in [0.15, 0.2) is 28.9 Å². The van der Waals surface area contributed by atoms with Gasteiger partial charge in [-0.15, -0.1) is 0 Å². The Bertz CT molecular complexity index is 739. The van der Waals surface area contributed by atoms with Gasteiger partial charge in [0.2, 0.25) is 0 Å². The molecule has 0 unspecified atom stereocenters. The maximum absolute atomic E-state index is 12.4. The van der Waals surface area contributed by atoms with Gasteiger partial charge in [-0.05, 0) is 46.1 Å². The smallest absolute Gasteiger partial charge is 0.289 e. The summed E-state index contributed by atoms with van der Waals surface area (Å²) < 4.78 is 5.22. The van der Waals surface area contributed by atoms with E-state index in [-0.39, 0.29) is 5.91 Å². The number of amides is 1. The van der Waals surface area contributed by atoms with Crippen molar-refractivity contribution in [2.45, 2.75) is 13.3 Å². The monoisotopic (exact) mass is 372 g/mol. The predicted octanol–water partition coefficient (Wildman–Crippen LogP) is 1.70. The average molecular weight is 372 g/mol. The number of anilines is 2. The Morgan fingerprint density at radius 1 is 1.26 bits per heavy atom. The summed E-state index contributed by atoms with van der Waals surface area (Å²) in [6, 6.07) is 5.43. The molecule has 3 rings (SSSR count). The molecule has 0 aromatic carbocycles. The Kier molecular flexibility index (Phi) is 6.28. The van der Waals surface area contributed by atoms with E-state index in [1.807, 2.05) is 17.9 Å². The Balaban J connectivity index is 1.56. The molecule has 2 aromatic heterocycles. The van der Waals surface area contributed by atoms with E-state index in [1.54, 1.807) is 12.1 Å². The lowest BCUT2D eigenvalue weighted by Gasteiger charge is -2.35. The van der Waals surface area contributed by atoms with Crippen LogP contribution in [0.3, 0.4) is 0 Å². The summed E-state index contributed by atoms with van der Waals surface area (Å²) in [5.74, 6) is 2.84. The number of piperazine rings is 1. The Morgan fingerprint density at radius 2 is 2.04 bits per heavy atom. The molecule has 8 heteroatoms. The van der Waals surface area contributed by atoms with Crippen LogP contribution in [0.25, 0.3) is 0 Å². The van der Waals surface area contributed by atoms with Crippen molar-refractivity contribution < 1.29 is 9.21 Å². The molecular formula is C19H28N6O2. The number of aromatic nitrogens is 2. The minimum Gasteiger partial charge on any atom is -0.459 e. The minimum atomic E-state index is -0.0539. The van der Waals surface area contributed by atoms with Crippen molar-refractivity contribution in [3.05, 3.63) is 36.0 Å². The van der Waals surface area contributed by atoms with E-state index >= 15 is 0 Å². The molecule has 0 atom stereocenters. The van der Waals surface area contributed by atoms with Crippen LogP contribution in [0.2, 0.25) is 0 Å². The number of hydrogen-bond acceptors (Lipinski definition) is 7. The van der Waals surface area contributed by atoms with E-state index in [0.29, 0.717) is 18.8 Å². The lowest BCUT2D eigenvalue weighted by atomic mass is 10.2. The Labute approximate surface area is 160 Å². The van der Waals surface area contributed by atoms with Gasteiger partial charge in [0.1, 0.15) is 17.5 Å². The minimum absolute atomic E-state index is 0.0539. The summed E-state index contributed by atoms with van der Waals surface area (Å²) in [5, 5.41) is 3.38. The van der Waals surface area contributed by atoms with Gasteiger partial charge >= 0.3 is 0 Å². The van der Waals surface area contributed by atoms with E-state index < -0.39 is 0 Å². The second-order valence-electron chi connectivity index (χ2n) is 7.00. The molecule has 0 aliphatic carbocycles. The van der Waals surface area contributed by atoms with Crippen LogP contribution < -0.4 is 10.2 Å². The van der Waals surface area contributed by atoms with Gasteiger partial charge in [0.05, 0.1) is 6.26 Å². The largest absolute Gasteiger partial charge is 0.459 e. The number of carbonyl (C=O) groups excluding carboxylic acids is 1. The molecule has 0 radical (unpaired) electrons. The molecule has 0 spiro atoms. The summed E-state index contributed by atoms with van der Waals surface area (Å²) in [6.07, 6.45) is 2.58. The molecule has 0 saturated carbocycles. The second-order valence-corrected chi connectivity index (χ2v) is 7.00. The van der Waals surface area contributed by atoms with E-state index in [1.165, 1.54) is 6.26 Å². The SMILES string of the molecule is Cc1nc(NCCCN(C)C)cc(N2CCN(C(=O)c3ccco3)CC2)n1. The highest BCUT2D eigenvalue weighted by atomic mass is 16.3. The molecule has 1 aliphatic heterocycles. The van der Waals surface area contributed by atoms with Crippen LogP contribution in [-0.2, 0) is 0 Å². The van der Waals surface area contributed by atoms with Crippen LogP contribution in [0.4, 0.5) is 11.6 Å². The highest BCUT2D eigenvalue weighted by Crippen LogP contribution is 2.19. The van der Waals surface area contributed by atoms with Crippen molar-refractivity contribution in [2.75, 3.05) is 63.6 Å². The Hall–Kier alpha value is -2.61. The number of hydrogen-bond donors (Lipinski definition) is 1. The molecule has 27 heavy (non-hydrogen) atoms. The molecule has 8 nitrogen and oxygen atoms in total. The van der Waals surface area contributed by atoms with Crippen molar-refractivity contribution in [3.63, 3.8) is 0 Å². The summed E-state index contributed by atoms with van der Waals surface area (Å²) >= 11 is 0. The number of nitrogens with one attached hydrogen (secondary N) is 1. The van der Waals surface area contributed by atoms with Gasteiger partial charge in [0.25, 0.3) is 5.91 Å². The fraction of sp³-hybridized carbons (Fsp3) is 0.526. The van der Waals surface area contributed by atoms with Crippen LogP contribution in [0.1, 0.15) is 22.8 Å². The van der Waals surface area contributed by atoms with Crippen molar-refractivity contribution in [1.29, 1.82) is 0 Å². The standard InChI is InChI=1S/C19H28N6O2/c1-15-21-17(20-7-5-8-23(2)3)14-18(22-15)24-9-11-25(12-10-24)19(26)16-6-4-13-27-16/h4,6,13-14H,5,7-12H2,1-3H3,(H,20,21,22). The number of nitrogens with zero attached hydrogens (tertiary/aromatic N) is 5. The summed E-state index contributed by atoms with van der Waals surface area (Å²) in [5.41, 5.74) is 0. The fourth-order valence-electron chi connectivity index (χ4n) is 3.11. The van der Waals surface area contributed by atoms with Crippen LogP contribution >= 0.6 is 0 Å². The summed E-state index contributed by atoms with van der Waals surface area (Å²) in [7, 11) is 4.15. The molecule has 0 bridgehead atoms. The van der Waals surface area contributed by atoms with Crippen LogP contribution in [-0.4, -0.2) is 79.0 Å². The van der Waals surface area contributed by atoms with Gasteiger partial charge < -0.3 is 24.4 Å². The molecule has 1 saturated heterocycles. The Morgan fingerprint density at radius 3 is 2.70 bits per heavy atom. The second kappa shape index (κ2) is 8.85. The van der Waals surface area contributed by atoms with E-state index in [0.717, 1.165) is 50.1 Å². The van der Waals surface area contributed by atoms with Gasteiger partial charge in [0, 0.05) is 38.8 Å². The quantitative estimate of drug-likeness (QED) is 0.741. The van der Waals surface area contributed by atoms with E-state index in [9.17, 15) is 4.79 Å². The molecule has 1 fully saturated rings. The zero-order valence-electron chi connectivity index (χ0n) is 16.3. The average Bonchev–Trinajstić information content (AvgIpc) is 3.19. The highest BCUT2D eigenvalue weighted by Gasteiger charge is 2.24. The fourth-order valence-corrected chi connectivity index (χ4v) is 3.11. The van der Waals surface area contributed by atoms with Crippen molar-refractivity contribution in [3.8, 4) is 0 Å². The molecule has 146 valence electrons. The third kappa shape index (κ3) is 5.19. The van der Waals surface area contributed by atoms with Crippen molar-refractivity contribution in [2.24, 2.45) is 0 Å². The van der Waals surface area contributed by atoms with E-state index in [4.69, 9.17) is 4.42 Å². The van der Waals surface area contributed by atoms with Crippen LogP contribution in [0, 0.1) is 6.92 Å². The number of aryl methyl sites for hydroxylation is 1.